The van der Waals surface area contributed by atoms with Gasteiger partial charge in [0, 0.05) is 17.6 Å². The minimum absolute atomic E-state index is 0.315. The van der Waals surface area contributed by atoms with E-state index in [0.717, 1.165) is 5.78 Å². The molecule has 70 valence electrons. The quantitative estimate of drug-likeness (QED) is 0.504. The molecule has 0 aromatic rings. The van der Waals surface area contributed by atoms with E-state index in [-0.39, 0.29) is 0 Å². The van der Waals surface area contributed by atoms with Crippen LogP contribution in [0.1, 0.15) is 26.7 Å². The molecule has 0 aromatic heterocycles. The summed E-state index contributed by atoms with van der Waals surface area (Å²) in [6.45, 7) is 4.67. The molecule has 1 fully saturated rings. The van der Waals surface area contributed by atoms with Gasteiger partial charge < -0.3 is 0 Å². The van der Waals surface area contributed by atoms with Gasteiger partial charge in [0.2, 0.25) is 0 Å². The van der Waals surface area contributed by atoms with Crippen molar-refractivity contribution in [1.29, 1.82) is 0 Å². The normalized spacial score (nSPS) is 34.8. The summed E-state index contributed by atoms with van der Waals surface area (Å²) in [5.74, 6) is 0.966. The lowest BCUT2D eigenvalue weighted by Gasteiger charge is -2.53. The molecule has 2 rings (SSSR count). The summed E-state index contributed by atoms with van der Waals surface area (Å²) in [6, 6.07) is 0. The number of ketones is 1. The summed E-state index contributed by atoms with van der Waals surface area (Å²) in [5, 5.41) is 0. The lowest BCUT2D eigenvalue weighted by Crippen LogP contribution is -2.45. The number of hydrogen-bond acceptors (Lipinski definition) is 0. The van der Waals surface area contributed by atoms with Gasteiger partial charge in [0.25, 0.3) is 7.11 Å². The molecule has 1 nitrogen and oxygen atoms in total. The molecule has 2 aliphatic carbocycles. The second-order valence-corrected chi connectivity index (χ2v) is 4.70. The molecule has 1 heteroatoms. The average Bonchev–Trinajstić information content (AvgIpc) is 2.16. The second kappa shape index (κ2) is 2.57. The zero-order chi connectivity index (χ0) is 9.53. The fraction of sp³-hybridized carbons (Fsp3) is 0.583. The highest BCUT2D eigenvalue weighted by Gasteiger charge is 2.50. The Bertz CT molecular complexity index is 289. The van der Waals surface area contributed by atoms with Gasteiger partial charge in [-0.25, -0.2) is 0 Å². The van der Waals surface area contributed by atoms with Gasteiger partial charge in [0.05, 0.1) is 0 Å². The Morgan fingerprint density at radius 1 is 1.15 bits per heavy atom. The third-order valence-electron chi connectivity index (χ3n) is 3.75. The van der Waals surface area contributed by atoms with Gasteiger partial charge in [-0.05, 0) is 18.3 Å². The van der Waals surface area contributed by atoms with Crippen molar-refractivity contribution in [3.63, 3.8) is 0 Å². The van der Waals surface area contributed by atoms with Crippen LogP contribution < -0.4 is 0 Å². The first-order valence-electron chi connectivity index (χ1n) is 4.89. The van der Waals surface area contributed by atoms with Crippen molar-refractivity contribution < 1.29 is 4.42 Å². The lowest BCUT2D eigenvalue weighted by atomic mass is 9.50. The van der Waals surface area contributed by atoms with E-state index in [1.54, 1.807) is 7.11 Å². The molecule has 0 aliphatic heterocycles. The monoisotopic (exact) mass is 177 g/mol. The third kappa shape index (κ3) is 1.10. The zero-order valence-electron chi connectivity index (χ0n) is 8.63. The van der Waals surface area contributed by atoms with Crippen LogP contribution in [0.3, 0.4) is 0 Å². The van der Waals surface area contributed by atoms with Crippen LogP contribution in [0.15, 0.2) is 24.3 Å². The van der Waals surface area contributed by atoms with Crippen LogP contribution in [-0.2, 0) is 4.42 Å². The first kappa shape index (κ1) is 8.74. The van der Waals surface area contributed by atoms with Crippen LogP contribution >= 0.6 is 0 Å². The molecule has 13 heavy (non-hydrogen) atoms. The van der Waals surface area contributed by atoms with Crippen LogP contribution in [0.2, 0.25) is 0 Å². The SMILES string of the molecule is C[O+]=C1C=CC2(C=C1)CCC2(C)C. The predicted octanol–water partition coefficient (Wildman–Crippen LogP) is 2.65. The molecule has 0 aromatic carbocycles. The fourth-order valence-corrected chi connectivity index (χ4v) is 2.24. The molecule has 2 aliphatic rings. The molecule has 0 amide bonds. The Labute approximate surface area is 79.8 Å². The van der Waals surface area contributed by atoms with E-state index in [0.29, 0.717) is 10.8 Å². The lowest BCUT2D eigenvalue weighted by molar-refractivity contribution is -0.417. The van der Waals surface area contributed by atoms with Crippen LogP contribution in [0.4, 0.5) is 0 Å². The smallest absolute Gasteiger partial charge is 0.258 e. The third-order valence-corrected chi connectivity index (χ3v) is 3.75. The summed E-state index contributed by atoms with van der Waals surface area (Å²) >= 11 is 0. The molecule has 1 spiro atoms. The van der Waals surface area contributed by atoms with Gasteiger partial charge in [-0.3, -0.25) is 4.42 Å². The standard InChI is InChI=1S/C12H17O/c1-11(2)8-9-12(11)6-4-10(13-3)5-7-12/h4-7H,8-9H2,1-3H3/q+1. The highest BCUT2D eigenvalue weighted by Crippen LogP contribution is 2.58. The summed E-state index contributed by atoms with van der Waals surface area (Å²) in [4.78, 5) is 0. The van der Waals surface area contributed by atoms with Crippen LogP contribution in [0.25, 0.3) is 0 Å². The van der Waals surface area contributed by atoms with Crippen molar-refractivity contribution in [2.75, 3.05) is 7.11 Å². The Morgan fingerprint density at radius 3 is 2.08 bits per heavy atom. The number of rotatable bonds is 0. The summed E-state index contributed by atoms with van der Waals surface area (Å²) in [6.07, 6.45) is 11.4. The van der Waals surface area contributed by atoms with Gasteiger partial charge in [0.1, 0.15) is 0 Å². The molecule has 0 radical (unpaired) electrons. The molecule has 0 heterocycles. The van der Waals surface area contributed by atoms with E-state index >= 15 is 0 Å². The minimum Gasteiger partial charge on any atom is -0.258 e. The summed E-state index contributed by atoms with van der Waals surface area (Å²) in [7, 11) is 1.72. The molecular weight excluding hydrogens is 160 g/mol. The van der Waals surface area contributed by atoms with Gasteiger partial charge in [-0.1, -0.05) is 26.0 Å². The van der Waals surface area contributed by atoms with Crippen LogP contribution in [-0.4, -0.2) is 12.9 Å². The van der Waals surface area contributed by atoms with Crippen molar-refractivity contribution in [2.45, 2.75) is 26.7 Å². The molecular formula is C12H17O+. The van der Waals surface area contributed by atoms with Crippen molar-refractivity contribution in [3.05, 3.63) is 24.3 Å². The van der Waals surface area contributed by atoms with E-state index in [4.69, 9.17) is 4.42 Å². The summed E-state index contributed by atoms with van der Waals surface area (Å²) < 4.78 is 5.16. The second-order valence-electron chi connectivity index (χ2n) is 4.70. The molecule has 0 N–H and O–H groups in total. The Balaban J connectivity index is 2.27. The van der Waals surface area contributed by atoms with Crippen molar-refractivity contribution >= 4 is 5.78 Å². The van der Waals surface area contributed by atoms with Gasteiger partial charge in [-0.15, -0.1) is 0 Å². The van der Waals surface area contributed by atoms with Crippen LogP contribution in [0, 0.1) is 10.8 Å². The van der Waals surface area contributed by atoms with Crippen molar-refractivity contribution in [2.24, 2.45) is 10.8 Å². The van der Waals surface area contributed by atoms with E-state index in [9.17, 15) is 0 Å². The molecule has 0 unspecified atom stereocenters. The molecule has 0 bridgehead atoms. The Kier molecular flexibility index (Phi) is 1.73. The zero-order valence-corrected chi connectivity index (χ0v) is 8.63. The molecule has 1 saturated carbocycles. The topological polar surface area (TPSA) is 11.3 Å². The molecule has 0 atom stereocenters. The van der Waals surface area contributed by atoms with E-state index < -0.39 is 0 Å². The number of allylic oxidation sites excluding steroid dienone is 4. The highest BCUT2D eigenvalue weighted by atomic mass is 16.4. The Morgan fingerprint density at radius 2 is 1.77 bits per heavy atom. The van der Waals surface area contributed by atoms with E-state index in [1.165, 1.54) is 12.8 Å². The Hall–Kier alpha value is -0.850. The van der Waals surface area contributed by atoms with Crippen LogP contribution in [0.5, 0.6) is 0 Å². The van der Waals surface area contributed by atoms with Gasteiger partial charge in [0.15, 0.2) is 0 Å². The van der Waals surface area contributed by atoms with Gasteiger partial charge in [-0.2, -0.15) is 0 Å². The van der Waals surface area contributed by atoms with Crippen molar-refractivity contribution in [3.8, 4) is 0 Å². The maximum Gasteiger partial charge on any atom is 0.342 e. The first-order chi connectivity index (χ1) is 6.10. The highest BCUT2D eigenvalue weighted by molar-refractivity contribution is 6.00. The van der Waals surface area contributed by atoms with E-state index in [1.807, 2.05) is 0 Å². The minimum atomic E-state index is 0.315. The summed E-state index contributed by atoms with van der Waals surface area (Å²) in [5.41, 5.74) is 0.744. The number of hydrogen-bond donors (Lipinski definition) is 0. The first-order valence-corrected chi connectivity index (χ1v) is 4.89. The molecule has 0 saturated heterocycles. The fourth-order valence-electron chi connectivity index (χ4n) is 2.24. The van der Waals surface area contributed by atoms with Crippen molar-refractivity contribution in [1.82, 2.24) is 0 Å². The maximum absolute atomic E-state index is 5.16. The predicted molar refractivity (Wildman–Crippen MR) is 54.7 cm³/mol. The maximum atomic E-state index is 5.16. The number of carbonyl (C=O) groups excluding carboxylic acids is 1. The largest absolute Gasteiger partial charge is 0.342 e. The van der Waals surface area contributed by atoms with Gasteiger partial charge >= 0.3 is 5.78 Å². The average molecular weight is 177 g/mol. The van der Waals surface area contributed by atoms with E-state index in [2.05, 4.69) is 38.2 Å².